The molecule has 0 aliphatic heterocycles. The molecule has 0 fully saturated rings. The van der Waals surface area contributed by atoms with Gasteiger partial charge in [0.2, 0.25) is 0 Å². The van der Waals surface area contributed by atoms with Crippen molar-refractivity contribution in [3.05, 3.63) is 22.5 Å². The first-order valence-electron chi connectivity index (χ1n) is 7.15. The highest BCUT2D eigenvalue weighted by Crippen LogP contribution is 2.30. The minimum absolute atomic E-state index is 0.0996. The summed E-state index contributed by atoms with van der Waals surface area (Å²) in [6.07, 6.45) is 1.38. The highest BCUT2D eigenvalue weighted by atomic mass is 16.5. The molecule has 0 unspecified atom stereocenters. The first-order chi connectivity index (χ1) is 9.69. The predicted octanol–water partition coefficient (Wildman–Crippen LogP) is 3.45. The van der Waals surface area contributed by atoms with Crippen molar-refractivity contribution in [1.82, 2.24) is 10.1 Å². The zero-order chi connectivity index (χ0) is 15.8. The Morgan fingerprint density at radius 1 is 1.29 bits per heavy atom. The number of hydrogen-bond acceptors (Lipinski definition) is 4. The number of carboxylic acid groups (broad SMARTS) is 1. The number of aryl methyl sites for hydroxylation is 2. The van der Waals surface area contributed by atoms with Gasteiger partial charge in [0.1, 0.15) is 0 Å². The Bertz CT molecular complexity index is 681. The Balaban J connectivity index is 2.51. The second-order valence-corrected chi connectivity index (χ2v) is 6.74. The third kappa shape index (κ3) is 3.40. The van der Waals surface area contributed by atoms with E-state index in [9.17, 15) is 4.79 Å². The zero-order valence-corrected chi connectivity index (χ0v) is 13.3. The van der Waals surface area contributed by atoms with Crippen molar-refractivity contribution in [2.75, 3.05) is 0 Å². The van der Waals surface area contributed by atoms with Crippen molar-refractivity contribution in [3.8, 4) is 0 Å². The van der Waals surface area contributed by atoms with Crippen LogP contribution >= 0.6 is 0 Å². The van der Waals surface area contributed by atoms with Crippen LogP contribution in [0.1, 0.15) is 49.7 Å². The molecule has 2 heterocycles. The van der Waals surface area contributed by atoms with Crippen LogP contribution in [-0.4, -0.2) is 21.2 Å². The smallest absolute Gasteiger partial charge is 0.303 e. The number of carbonyl (C=O) groups is 1. The van der Waals surface area contributed by atoms with Gasteiger partial charge in [0.25, 0.3) is 5.71 Å². The van der Waals surface area contributed by atoms with Crippen LogP contribution in [0.25, 0.3) is 11.1 Å². The summed E-state index contributed by atoms with van der Waals surface area (Å²) >= 11 is 0. The maximum Gasteiger partial charge on any atom is 0.303 e. The van der Waals surface area contributed by atoms with E-state index in [2.05, 4.69) is 30.9 Å². The lowest BCUT2D eigenvalue weighted by atomic mass is 9.88. The summed E-state index contributed by atoms with van der Waals surface area (Å²) in [6.45, 7) is 10.3. The van der Waals surface area contributed by atoms with E-state index in [1.165, 1.54) is 0 Å². The molecule has 0 bridgehead atoms. The van der Waals surface area contributed by atoms with Crippen LogP contribution in [0.3, 0.4) is 0 Å². The van der Waals surface area contributed by atoms with Crippen LogP contribution < -0.4 is 0 Å². The van der Waals surface area contributed by atoms with Gasteiger partial charge in [0.15, 0.2) is 0 Å². The molecule has 1 N–H and O–H groups in total. The Labute approximate surface area is 124 Å². The predicted molar refractivity (Wildman–Crippen MR) is 80.4 cm³/mol. The number of carboxylic acids is 1. The molecular weight excluding hydrogens is 268 g/mol. The van der Waals surface area contributed by atoms with E-state index < -0.39 is 5.97 Å². The van der Waals surface area contributed by atoms with Gasteiger partial charge in [-0.3, -0.25) is 4.79 Å². The Kier molecular flexibility index (Phi) is 4.03. The summed E-state index contributed by atoms with van der Waals surface area (Å²) in [5.74, 6) is -0.797. The van der Waals surface area contributed by atoms with Crippen molar-refractivity contribution in [3.63, 3.8) is 0 Å². The van der Waals surface area contributed by atoms with Gasteiger partial charge in [-0.1, -0.05) is 25.9 Å². The van der Waals surface area contributed by atoms with E-state index in [0.29, 0.717) is 12.1 Å². The molecule has 0 amide bonds. The quantitative estimate of drug-likeness (QED) is 0.933. The van der Waals surface area contributed by atoms with E-state index in [4.69, 9.17) is 9.63 Å². The third-order valence-electron chi connectivity index (χ3n) is 3.57. The second kappa shape index (κ2) is 5.47. The van der Waals surface area contributed by atoms with Crippen LogP contribution in [0.2, 0.25) is 0 Å². The number of pyridine rings is 1. The van der Waals surface area contributed by atoms with Gasteiger partial charge in [-0.25, -0.2) is 4.98 Å². The standard InChI is InChI=1S/C16H22N2O3/c1-9-11(6-7-13(19)20)10(2)17-15-14(9)12(18-21-15)8-16(3,4)5/h6-8H2,1-5H3,(H,19,20). The summed E-state index contributed by atoms with van der Waals surface area (Å²) < 4.78 is 5.36. The molecule has 114 valence electrons. The third-order valence-corrected chi connectivity index (χ3v) is 3.57. The minimum Gasteiger partial charge on any atom is -0.481 e. The Morgan fingerprint density at radius 3 is 2.52 bits per heavy atom. The monoisotopic (exact) mass is 290 g/mol. The number of nitrogens with zero attached hydrogens (tertiary/aromatic N) is 2. The van der Waals surface area contributed by atoms with E-state index in [0.717, 1.165) is 34.3 Å². The molecule has 2 aromatic rings. The molecule has 5 nitrogen and oxygen atoms in total. The molecular formula is C16H22N2O3. The summed E-state index contributed by atoms with van der Waals surface area (Å²) in [7, 11) is 0. The van der Waals surface area contributed by atoms with Gasteiger partial charge in [-0.2, -0.15) is 0 Å². The van der Waals surface area contributed by atoms with Crippen LogP contribution in [-0.2, 0) is 17.6 Å². The summed E-state index contributed by atoms with van der Waals surface area (Å²) in [6, 6.07) is 0. The maximum absolute atomic E-state index is 10.8. The van der Waals surface area contributed by atoms with Crippen LogP contribution in [0.4, 0.5) is 0 Å². The van der Waals surface area contributed by atoms with E-state index in [1.54, 1.807) is 0 Å². The highest BCUT2D eigenvalue weighted by Gasteiger charge is 2.21. The molecule has 0 radical (unpaired) electrons. The molecule has 0 spiro atoms. The van der Waals surface area contributed by atoms with Crippen LogP contribution in [0, 0.1) is 19.3 Å². The van der Waals surface area contributed by atoms with Crippen molar-refractivity contribution in [2.24, 2.45) is 5.41 Å². The molecule has 0 aliphatic carbocycles. The number of rotatable bonds is 4. The van der Waals surface area contributed by atoms with Gasteiger partial charge >= 0.3 is 5.97 Å². The molecule has 0 saturated heterocycles. The normalized spacial score (nSPS) is 12.0. The molecule has 2 rings (SSSR count). The van der Waals surface area contributed by atoms with E-state index in [-0.39, 0.29) is 11.8 Å². The lowest BCUT2D eigenvalue weighted by molar-refractivity contribution is -0.136. The van der Waals surface area contributed by atoms with Crippen LogP contribution in [0.15, 0.2) is 4.52 Å². The number of aromatic nitrogens is 2. The number of hydrogen-bond donors (Lipinski definition) is 1. The first kappa shape index (κ1) is 15.5. The van der Waals surface area contributed by atoms with Crippen LogP contribution in [0.5, 0.6) is 0 Å². The van der Waals surface area contributed by atoms with Crippen molar-refractivity contribution in [1.29, 1.82) is 0 Å². The SMILES string of the molecule is Cc1nc2onc(CC(C)(C)C)c2c(C)c1CCC(=O)O. The Hall–Kier alpha value is -1.91. The average molecular weight is 290 g/mol. The highest BCUT2D eigenvalue weighted by molar-refractivity contribution is 5.82. The van der Waals surface area contributed by atoms with Crippen molar-refractivity contribution >= 4 is 17.1 Å². The fraction of sp³-hybridized carbons (Fsp3) is 0.562. The lowest BCUT2D eigenvalue weighted by Crippen LogP contribution is -2.10. The summed E-state index contributed by atoms with van der Waals surface area (Å²) in [4.78, 5) is 15.3. The molecule has 0 atom stereocenters. The van der Waals surface area contributed by atoms with Gasteiger partial charge in [0.05, 0.1) is 11.1 Å². The fourth-order valence-electron chi connectivity index (χ4n) is 2.63. The maximum atomic E-state index is 10.8. The average Bonchev–Trinajstić information content (AvgIpc) is 2.69. The van der Waals surface area contributed by atoms with E-state index >= 15 is 0 Å². The molecule has 0 aromatic carbocycles. The molecule has 5 heteroatoms. The number of fused-ring (bicyclic) bond motifs is 1. The topological polar surface area (TPSA) is 76.2 Å². The molecule has 0 saturated carbocycles. The fourth-order valence-corrected chi connectivity index (χ4v) is 2.63. The zero-order valence-electron chi connectivity index (χ0n) is 13.3. The molecule has 0 aliphatic rings. The van der Waals surface area contributed by atoms with Gasteiger partial charge in [0, 0.05) is 12.1 Å². The largest absolute Gasteiger partial charge is 0.481 e. The number of aliphatic carboxylic acids is 1. The first-order valence-corrected chi connectivity index (χ1v) is 7.15. The summed E-state index contributed by atoms with van der Waals surface area (Å²) in [5, 5.41) is 14.0. The summed E-state index contributed by atoms with van der Waals surface area (Å²) in [5.41, 5.74) is 4.40. The van der Waals surface area contributed by atoms with E-state index in [1.807, 2.05) is 13.8 Å². The van der Waals surface area contributed by atoms with Crippen molar-refractivity contribution in [2.45, 2.75) is 53.9 Å². The van der Waals surface area contributed by atoms with Gasteiger partial charge in [-0.15, -0.1) is 0 Å². The van der Waals surface area contributed by atoms with Gasteiger partial charge < -0.3 is 9.63 Å². The van der Waals surface area contributed by atoms with Gasteiger partial charge in [-0.05, 0) is 43.2 Å². The second-order valence-electron chi connectivity index (χ2n) is 6.74. The molecule has 21 heavy (non-hydrogen) atoms. The molecule has 2 aromatic heterocycles. The Morgan fingerprint density at radius 2 is 1.95 bits per heavy atom. The minimum atomic E-state index is -0.797. The van der Waals surface area contributed by atoms with Crippen molar-refractivity contribution < 1.29 is 14.4 Å². The lowest BCUT2D eigenvalue weighted by Gasteiger charge is -2.16.